The van der Waals surface area contributed by atoms with Crippen LogP contribution in [0.2, 0.25) is 0 Å². The summed E-state index contributed by atoms with van der Waals surface area (Å²) in [5, 5.41) is 4.36. The molecule has 1 atom stereocenters. The van der Waals surface area contributed by atoms with Crippen molar-refractivity contribution in [1.29, 1.82) is 0 Å². The van der Waals surface area contributed by atoms with E-state index in [0.29, 0.717) is 5.82 Å². The van der Waals surface area contributed by atoms with E-state index in [0.717, 1.165) is 37.1 Å². The van der Waals surface area contributed by atoms with Crippen molar-refractivity contribution in [3.8, 4) is 0 Å². The molecule has 2 rings (SSSR count). The van der Waals surface area contributed by atoms with Crippen molar-refractivity contribution in [1.82, 2.24) is 9.78 Å². The van der Waals surface area contributed by atoms with Crippen molar-refractivity contribution in [3.63, 3.8) is 0 Å². The van der Waals surface area contributed by atoms with Crippen molar-refractivity contribution >= 4 is 11.4 Å². The van der Waals surface area contributed by atoms with Gasteiger partial charge in [-0.1, -0.05) is 30.4 Å². The molecular formula is C16H23N3O. The second-order valence-electron chi connectivity index (χ2n) is 5.11. The molecule has 4 nitrogen and oxygen atoms in total. The highest BCUT2D eigenvalue weighted by Crippen LogP contribution is 2.27. The molecule has 0 radical (unpaired) electrons. The average Bonchev–Trinajstić information content (AvgIpc) is 2.87. The normalized spacial score (nSPS) is 20.5. The number of hydrogen-bond acceptors (Lipinski definition) is 3. The van der Waals surface area contributed by atoms with Gasteiger partial charge in [0.05, 0.1) is 5.69 Å². The second-order valence-corrected chi connectivity index (χ2v) is 5.11. The molecule has 0 aliphatic carbocycles. The van der Waals surface area contributed by atoms with Gasteiger partial charge in [0.15, 0.2) is 6.23 Å². The lowest BCUT2D eigenvalue weighted by Gasteiger charge is -2.24. The third kappa shape index (κ3) is 3.39. The molecule has 0 bridgehead atoms. The summed E-state index contributed by atoms with van der Waals surface area (Å²) in [6.45, 7) is 8.97. The van der Waals surface area contributed by atoms with E-state index in [-0.39, 0.29) is 6.23 Å². The van der Waals surface area contributed by atoms with Crippen LogP contribution in [0.4, 0.5) is 5.82 Å². The summed E-state index contributed by atoms with van der Waals surface area (Å²) >= 11 is 0. The first kappa shape index (κ1) is 14.6. The summed E-state index contributed by atoms with van der Waals surface area (Å²) in [6, 6.07) is 1.86. The van der Waals surface area contributed by atoms with Gasteiger partial charge in [0, 0.05) is 12.7 Å². The molecule has 1 aliphatic heterocycles. The van der Waals surface area contributed by atoms with Crippen LogP contribution < -0.4 is 5.73 Å². The SMILES string of the molecule is C=C(/C=C\C(C)=C/C)c1cc(N)nn1C1CCCCO1. The van der Waals surface area contributed by atoms with Gasteiger partial charge in [-0.05, 0) is 38.7 Å². The maximum atomic E-state index is 5.84. The van der Waals surface area contributed by atoms with Crippen molar-refractivity contribution in [2.45, 2.75) is 39.3 Å². The van der Waals surface area contributed by atoms with Gasteiger partial charge in [-0.2, -0.15) is 5.10 Å². The second kappa shape index (κ2) is 6.57. The first-order chi connectivity index (χ1) is 9.61. The number of aromatic nitrogens is 2. The Morgan fingerprint density at radius 1 is 1.50 bits per heavy atom. The molecule has 20 heavy (non-hydrogen) atoms. The smallest absolute Gasteiger partial charge is 0.150 e. The van der Waals surface area contributed by atoms with Gasteiger partial charge >= 0.3 is 0 Å². The molecule has 1 unspecified atom stereocenters. The van der Waals surface area contributed by atoms with Gasteiger partial charge in [-0.3, -0.25) is 0 Å². The van der Waals surface area contributed by atoms with Crippen LogP contribution in [0, 0.1) is 0 Å². The molecule has 1 aromatic rings. The minimum absolute atomic E-state index is 0.0241. The molecular weight excluding hydrogens is 250 g/mol. The summed E-state index contributed by atoms with van der Waals surface area (Å²) in [7, 11) is 0. The Bertz CT molecular complexity index is 534. The summed E-state index contributed by atoms with van der Waals surface area (Å²) in [5.41, 5.74) is 8.85. The van der Waals surface area contributed by atoms with Crippen molar-refractivity contribution < 1.29 is 4.74 Å². The fourth-order valence-corrected chi connectivity index (χ4v) is 2.20. The summed E-state index contributed by atoms with van der Waals surface area (Å²) < 4.78 is 7.65. The molecule has 108 valence electrons. The molecule has 2 heterocycles. The number of nitrogen functional groups attached to an aromatic ring is 1. The van der Waals surface area contributed by atoms with Crippen LogP contribution in [0.25, 0.3) is 5.57 Å². The van der Waals surface area contributed by atoms with E-state index in [1.165, 1.54) is 5.57 Å². The van der Waals surface area contributed by atoms with Gasteiger partial charge in [-0.25, -0.2) is 4.68 Å². The first-order valence-corrected chi connectivity index (χ1v) is 7.08. The van der Waals surface area contributed by atoms with Gasteiger partial charge in [-0.15, -0.1) is 0 Å². The predicted octanol–water partition coefficient (Wildman–Crippen LogP) is 3.70. The van der Waals surface area contributed by atoms with Crippen LogP contribution in [-0.2, 0) is 4.74 Å². The Kier molecular flexibility index (Phi) is 4.79. The summed E-state index contributed by atoms with van der Waals surface area (Å²) in [5.74, 6) is 0.506. The minimum atomic E-state index is -0.0241. The molecule has 0 spiro atoms. The van der Waals surface area contributed by atoms with Crippen LogP contribution in [-0.4, -0.2) is 16.4 Å². The summed E-state index contributed by atoms with van der Waals surface area (Å²) in [6.07, 6.45) is 9.30. The molecule has 1 aromatic heterocycles. The van der Waals surface area contributed by atoms with Gasteiger partial charge in [0.25, 0.3) is 0 Å². The topological polar surface area (TPSA) is 53.1 Å². The molecule has 1 saturated heterocycles. The Morgan fingerprint density at radius 2 is 2.30 bits per heavy atom. The van der Waals surface area contributed by atoms with Crippen molar-refractivity contribution in [2.24, 2.45) is 0 Å². The summed E-state index contributed by atoms with van der Waals surface area (Å²) in [4.78, 5) is 0. The molecule has 1 fully saturated rings. The number of nitrogens with two attached hydrogens (primary N) is 1. The minimum Gasteiger partial charge on any atom is -0.382 e. The van der Waals surface area contributed by atoms with E-state index in [1.54, 1.807) is 0 Å². The highest BCUT2D eigenvalue weighted by molar-refractivity contribution is 5.71. The maximum Gasteiger partial charge on any atom is 0.150 e. The van der Waals surface area contributed by atoms with E-state index in [1.807, 2.05) is 29.8 Å². The Hall–Kier alpha value is -1.81. The van der Waals surface area contributed by atoms with Crippen LogP contribution in [0.5, 0.6) is 0 Å². The van der Waals surface area contributed by atoms with E-state index in [2.05, 4.69) is 24.7 Å². The molecule has 0 saturated carbocycles. The van der Waals surface area contributed by atoms with Gasteiger partial charge < -0.3 is 10.5 Å². The Labute approximate surface area is 120 Å². The first-order valence-electron chi connectivity index (χ1n) is 7.08. The average molecular weight is 273 g/mol. The van der Waals surface area contributed by atoms with Gasteiger partial charge in [0.1, 0.15) is 5.82 Å². The maximum absolute atomic E-state index is 5.84. The van der Waals surface area contributed by atoms with E-state index >= 15 is 0 Å². The predicted molar refractivity (Wildman–Crippen MR) is 83.1 cm³/mol. The highest BCUT2D eigenvalue weighted by atomic mass is 16.5. The fraction of sp³-hybridized carbons (Fsp3) is 0.438. The number of hydrogen-bond donors (Lipinski definition) is 1. The van der Waals surface area contributed by atoms with E-state index in [4.69, 9.17) is 10.5 Å². The molecule has 0 amide bonds. The molecule has 0 aromatic carbocycles. The Morgan fingerprint density at radius 3 is 2.95 bits per heavy atom. The van der Waals surface area contributed by atoms with Crippen molar-refractivity contribution in [2.75, 3.05) is 12.3 Å². The van der Waals surface area contributed by atoms with Crippen LogP contribution in [0.1, 0.15) is 45.0 Å². The van der Waals surface area contributed by atoms with Crippen LogP contribution >= 0.6 is 0 Å². The zero-order valence-corrected chi connectivity index (χ0v) is 12.3. The lowest BCUT2D eigenvalue weighted by atomic mass is 10.1. The number of ether oxygens (including phenoxy) is 1. The lowest BCUT2D eigenvalue weighted by molar-refractivity contribution is -0.0397. The van der Waals surface area contributed by atoms with Crippen molar-refractivity contribution in [3.05, 3.63) is 42.1 Å². The largest absolute Gasteiger partial charge is 0.382 e. The highest BCUT2D eigenvalue weighted by Gasteiger charge is 2.20. The number of rotatable bonds is 4. The third-order valence-electron chi connectivity index (χ3n) is 3.51. The van der Waals surface area contributed by atoms with Crippen LogP contribution in [0.3, 0.4) is 0 Å². The quantitative estimate of drug-likeness (QED) is 0.851. The number of allylic oxidation sites excluding steroid dienone is 5. The number of anilines is 1. The zero-order valence-electron chi connectivity index (χ0n) is 12.3. The van der Waals surface area contributed by atoms with Crippen LogP contribution in [0.15, 0.2) is 36.4 Å². The molecule has 4 heteroatoms. The zero-order chi connectivity index (χ0) is 14.5. The fourth-order valence-electron chi connectivity index (χ4n) is 2.20. The van der Waals surface area contributed by atoms with E-state index in [9.17, 15) is 0 Å². The Balaban J connectivity index is 2.22. The standard InChI is InChI=1S/C16H23N3O/c1-4-12(2)8-9-13(3)14-11-15(17)18-19(14)16-7-5-6-10-20-16/h4,8-9,11,16H,3,5-7,10H2,1-2H3,(H2,17,18)/b9-8-,12-4-. The van der Waals surface area contributed by atoms with E-state index < -0.39 is 0 Å². The lowest BCUT2D eigenvalue weighted by Crippen LogP contribution is -2.20. The number of nitrogens with zero attached hydrogens (tertiary/aromatic N) is 2. The van der Waals surface area contributed by atoms with Gasteiger partial charge in [0.2, 0.25) is 0 Å². The molecule has 1 aliphatic rings. The third-order valence-corrected chi connectivity index (χ3v) is 3.51. The molecule has 2 N–H and O–H groups in total. The monoisotopic (exact) mass is 273 g/mol.